The SMILES string of the molecule is c1ccc(CSc2nnc(-c3cc(-c4ccccc4)nc4ccccc34)n2C[C@@H]2CCCO2)cc1. The van der Waals surface area contributed by atoms with Crippen molar-refractivity contribution < 1.29 is 4.74 Å². The Kier molecular flexibility index (Phi) is 6.30. The number of para-hydroxylation sites is 1. The highest BCUT2D eigenvalue weighted by Gasteiger charge is 2.23. The van der Waals surface area contributed by atoms with E-state index in [1.54, 1.807) is 11.8 Å². The van der Waals surface area contributed by atoms with Crippen LogP contribution >= 0.6 is 11.8 Å². The maximum absolute atomic E-state index is 6.02. The Morgan fingerprint density at radius 3 is 2.46 bits per heavy atom. The molecular weight excluding hydrogens is 452 g/mol. The summed E-state index contributed by atoms with van der Waals surface area (Å²) in [7, 11) is 0. The highest BCUT2D eigenvalue weighted by atomic mass is 32.2. The van der Waals surface area contributed by atoms with Gasteiger partial charge < -0.3 is 4.74 Å². The van der Waals surface area contributed by atoms with Crippen molar-refractivity contribution in [2.24, 2.45) is 0 Å². The summed E-state index contributed by atoms with van der Waals surface area (Å²) in [6.45, 7) is 1.57. The van der Waals surface area contributed by atoms with Gasteiger partial charge in [-0.2, -0.15) is 0 Å². The van der Waals surface area contributed by atoms with E-state index in [9.17, 15) is 0 Å². The van der Waals surface area contributed by atoms with Crippen LogP contribution in [0.25, 0.3) is 33.5 Å². The van der Waals surface area contributed by atoms with Crippen molar-refractivity contribution >= 4 is 22.7 Å². The molecule has 6 rings (SSSR count). The van der Waals surface area contributed by atoms with Crippen molar-refractivity contribution in [1.29, 1.82) is 0 Å². The van der Waals surface area contributed by atoms with Crippen molar-refractivity contribution in [3.8, 4) is 22.6 Å². The van der Waals surface area contributed by atoms with Crippen LogP contribution in [0.5, 0.6) is 0 Å². The first-order chi connectivity index (χ1) is 17.3. The molecule has 5 aromatic rings. The van der Waals surface area contributed by atoms with Crippen LogP contribution in [-0.2, 0) is 17.0 Å². The third kappa shape index (κ3) is 4.72. The van der Waals surface area contributed by atoms with Crippen LogP contribution in [-0.4, -0.2) is 32.5 Å². The molecular formula is C29H26N4OS. The first-order valence-corrected chi connectivity index (χ1v) is 13.0. The van der Waals surface area contributed by atoms with Gasteiger partial charge in [-0.3, -0.25) is 4.57 Å². The zero-order valence-electron chi connectivity index (χ0n) is 19.4. The van der Waals surface area contributed by atoms with E-state index in [0.29, 0.717) is 0 Å². The standard InChI is InChI=1S/C29H26N4OS/c1-3-10-21(11-4-1)20-35-29-32-31-28(33(29)19-23-14-9-17-34-23)25-18-27(22-12-5-2-6-13-22)30-26-16-8-7-15-24(25)26/h1-8,10-13,15-16,18,23H,9,14,17,19-20H2/t23-/m0/s1. The minimum absolute atomic E-state index is 0.183. The third-order valence-corrected chi connectivity index (χ3v) is 7.40. The van der Waals surface area contributed by atoms with E-state index >= 15 is 0 Å². The minimum atomic E-state index is 0.183. The van der Waals surface area contributed by atoms with Gasteiger partial charge in [-0.25, -0.2) is 4.98 Å². The Morgan fingerprint density at radius 1 is 0.886 bits per heavy atom. The number of pyridine rings is 1. The zero-order valence-corrected chi connectivity index (χ0v) is 20.2. The second kappa shape index (κ2) is 10.0. The normalized spacial score (nSPS) is 15.6. The average molecular weight is 479 g/mol. The Balaban J connectivity index is 1.45. The monoisotopic (exact) mass is 478 g/mol. The first-order valence-electron chi connectivity index (χ1n) is 12.0. The predicted molar refractivity (Wildman–Crippen MR) is 141 cm³/mol. The highest BCUT2D eigenvalue weighted by Crippen LogP contribution is 2.34. The molecule has 0 N–H and O–H groups in total. The molecule has 0 bridgehead atoms. The topological polar surface area (TPSA) is 52.8 Å². The van der Waals surface area contributed by atoms with Gasteiger partial charge in [0.15, 0.2) is 11.0 Å². The smallest absolute Gasteiger partial charge is 0.191 e. The Bertz CT molecular complexity index is 1430. The number of hydrogen-bond acceptors (Lipinski definition) is 5. The Morgan fingerprint density at radius 2 is 1.66 bits per heavy atom. The fourth-order valence-electron chi connectivity index (χ4n) is 4.59. The molecule has 1 aliphatic heterocycles. The first kappa shape index (κ1) is 22.0. The molecule has 0 radical (unpaired) electrons. The second-order valence-electron chi connectivity index (χ2n) is 8.76. The molecule has 35 heavy (non-hydrogen) atoms. The quantitative estimate of drug-likeness (QED) is 0.246. The van der Waals surface area contributed by atoms with Gasteiger partial charge in [0.1, 0.15) is 0 Å². The van der Waals surface area contributed by atoms with Crippen LogP contribution in [0.2, 0.25) is 0 Å². The van der Waals surface area contributed by atoms with E-state index in [4.69, 9.17) is 14.8 Å². The van der Waals surface area contributed by atoms with Gasteiger partial charge in [-0.05, 0) is 30.5 Å². The number of rotatable bonds is 7. The summed E-state index contributed by atoms with van der Waals surface area (Å²) >= 11 is 1.72. The molecule has 174 valence electrons. The highest BCUT2D eigenvalue weighted by molar-refractivity contribution is 7.98. The molecule has 3 heterocycles. The van der Waals surface area contributed by atoms with E-state index in [-0.39, 0.29) is 6.10 Å². The summed E-state index contributed by atoms with van der Waals surface area (Å²) < 4.78 is 8.27. The maximum Gasteiger partial charge on any atom is 0.191 e. The van der Waals surface area contributed by atoms with Gasteiger partial charge in [0.05, 0.1) is 23.9 Å². The number of aromatic nitrogens is 4. The number of fused-ring (bicyclic) bond motifs is 1. The fraction of sp³-hybridized carbons (Fsp3) is 0.207. The van der Waals surface area contributed by atoms with Crippen molar-refractivity contribution in [1.82, 2.24) is 19.7 Å². The molecule has 1 aliphatic rings. The number of ether oxygens (including phenoxy) is 1. The second-order valence-corrected chi connectivity index (χ2v) is 9.71. The minimum Gasteiger partial charge on any atom is -0.376 e. The molecule has 0 saturated carbocycles. The van der Waals surface area contributed by atoms with E-state index in [0.717, 1.165) is 70.5 Å². The summed E-state index contributed by atoms with van der Waals surface area (Å²) in [5, 5.41) is 11.4. The lowest BCUT2D eigenvalue weighted by Crippen LogP contribution is -2.16. The predicted octanol–water partition coefficient (Wildman–Crippen LogP) is 6.63. The Labute approximate surface area is 209 Å². The largest absolute Gasteiger partial charge is 0.376 e. The number of thioether (sulfide) groups is 1. The third-order valence-electron chi connectivity index (χ3n) is 6.36. The van der Waals surface area contributed by atoms with Crippen molar-refractivity contribution in [2.45, 2.75) is 36.4 Å². The van der Waals surface area contributed by atoms with Crippen molar-refractivity contribution in [2.75, 3.05) is 6.61 Å². The summed E-state index contributed by atoms with van der Waals surface area (Å²) in [6, 6.07) is 31.2. The molecule has 2 aromatic heterocycles. The molecule has 0 aliphatic carbocycles. The molecule has 1 atom stereocenters. The van der Waals surface area contributed by atoms with E-state index in [1.807, 2.05) is 30.3 Å². The van der Waals surface area contributed by atoms with Crippen LogP contribution in [0.3, 0.4) is 0 Å². The lowest BCUT2D eigenvalue weighted by molar-refractivity contribution is 0.0953. The van der Waals surface area contributed by atoms with Crippen molar-refractivity contribution in [3.05, 3.63) is 96.6 Å². The lowest BCUT2D eigenvalue weighted by atomic mass is 10.0. The van der Waals surface area contributed by atoms with Gasteiger partial charge in [0.2, 0.25) is 0 Å². The number of benzene rings is 3. The van der Waals surface area contributed by atoms with Gasteiger partial charge in [-0.15, -0.1) is 10.2 Å². The zero-order chi connectivity index (χ0) is 23.5. The molecule has 0 spiro atoms. The van der Waals surface area contributed by atoms with E-state index < -0.39 is 0 Å². The van der Waals surface area contributed by atoms with Crippen LogP contribution in [0.1, 0.15) is 18.4 Å². The molecule has 1 saturated heterocycles. The molecule has 5 nitrogen and oxygen atoms in total. The summed E-state index contributed by atoms with van der Waals surface area (Å²) in [6.07, 6.45) is 2.35. The van der Waals surface area contributed by atoms with Crippen molar-refractivity contribution in [3.63, 3.8) is 0 Å². The van der Waals surface area contributed by atoms with Crippen LogP contribution in [0, 0.1) is 0 Å². The number of hydrogen-bond donors (Lipinski definition) is 0. The van der Waals surface area contributed by atoms with Crippen LogP contribution in [0.15, 0.2) is 96.2 Å². The van der Waals surface area contributed by atoms with Crippen LogP contribution in [0.4, 0.5) is 0 Å². The molecule has 1 fully saturated rings. The van der Waals surface area contributed by atoms with Gasteiger partial charge in [-0.1, -0.05) is 90.6 Å². The summed E-state index contributed by atoms with van der Waals surface area (Å²) in [4.78, 5) is 4.96. The van der Waals surface area contributed by atoms with Gasteiger partial charge in [0.25, 0.3) is 0 Å². The lowest BCUT2D eigenvalue weighted by Gasteiger charge is -2.16. The number of nitrogens with zero attached hydrogens (tertiary/aromatic N) is 4. The Hall–Kier alpha value is -3.48. The van der Waals surface area contributed by atoms with E-state index in [1.165, 1.54) is 5.56 Å². The summed E-state index contributed by atoms with van der Waals surface area (Å²) in [5.74, 6) is 1.71. The summed E-state index contributed by atoms with van der Waals surface area (Å²) in [5.41, 5.74) is 5.29. The average Bonchev–Trinajstić information content (AvgIpc) is 3.58. The maximum atomic E-state index is 6.02. The van der Waals surface area contributed by atoms with Crippen LogP contribution < -0.4 is 0 Å². The van der Waals surface area contributed by atoms with Gasteiger partial charge >= 0.3 is 0 Å². The molecule has 3 aromatic carbocycles. The molecule has 6 heteroatoms. The molecule has 0 amide bonds. The van der Waals surface area contributed by atoms with Gasteiger partial charge in [0, 0.05) is 28.9 Å². The fourth-order valence-corrected chi connectivity index (χ4v) is 5.49. The van der Waals surface area contributed by atoms with E-state index in [2.05, 4.69) is 70.3 Å². The molecule has 0 unspecified atom stereocenters.